The van der Waals surface area contributed by atoms with Gasteiger partial charge in [-0.05, 0) is 31.0 Å². The molecule has 34 heavy (non-hydrogen) atoms. The third-order valence-electron chi connectivity index (χ3n) is 5.20. The summed E-state index contributed by atoms with van der Waals surface area (Å²) in [5.41, 5.74) is -2.76. The highest BCUT2D eigenvalue weighted by molar-refractivity contribution is 7.90. The monoisotopic (exact) mass is 514 g/mol. The summed E-state index contributed by atoms with van der Waals surface area (Å²) >= 11 is 1.52. The minimum atomic E-state index is -5.45. The van der Waals surface area contributed by atoms with E-state index in [4.69, 9.17) is 0 Å². The van der Waals surface area contributed by atoms with Crippen LogP contribution in [-0.4, -0.2) is 53.0 Å². The molecule has 9 nitrogen and oxygen atoms in total. The van der Waals surface area contributed by atoms with Crippen molar-refractivity contribution in [2.45, 2.75) is 32.3 Å². The first-order chi connectivity index (χ1) is 16.0. The number of nitrogens with one attached hydrogen (secondary N) is 1. The van der Waals surface area contributed by atoms with Crippen molar-refractivity contribution < 1.29 is 26.4 Å². The average molecular weight is 515 g/mol. The lowest BCUT2D eigenvalue weighted by Gasteiger charge is -2.29. The molecule has 4 rings (SSSR count). The number of thiazole rings is 1. The van der Waals surface area contributed by atoms with Crippen LogP contribution in [-0.2, 0) is 23.0 Å². The lowest BCUT2D eigenvalue weighted by atomic mass is 10.2. The van der Waals surface area contributed by atoms with Gasteiger partial charge in [-0.15, -0.1) is 11.3 Å². The predicted octanol–water partition coefficient (Wildman–Crippen LogP) is 3.11. The Morgan fingerprint density at radius 2 is 1.91 bits per heavy atom. The molecular formula is C20H21F3N6O3S2. The van der Waals surface area contributed by atoms with E-state index in [0.717, 1.165) is 21.1 Å². The number of imidazole rings is 1. The van der Waals surface area contributed by atoms with Crippen LogP contribution in [0, 0.1) is 6.92 Å². The number of anilines is 1. The fourth-order valence-corrected chi connectivity index (χ4v) is 5.08. The Kier molecular flexibility index (Phi) is 6.29. The molecule has 1 amide bonds. The summed E-state index contributed by atoms with van der Waals surface area (Å²) in [5, 5.41) is 8.12. The number of halogens is 3. The maximum absolute atomic E-state index is 12.9. The Hall–Kier alpha value is -3.13. The van der Waals surface area contributed by atoms with E-state index in [9.17, 15) is 26.4 Å². The molecule has 1 aliphatic heterocycles. The third kappa shape index (κ3) is 4.46. The summed E-state index contributed by atoms with van der Waals surface area (Å²) < 4.78 is 63.0. The van der Waals surface area contributed by atoms with Crippen LogP contribution in [0.15, 0.2) is 35.6 Å². The number of alkyl halides is 3. The summed E-state index contributed by atoms with van der Waals surface area (Å²) in [5.74, 6) is -0.238. The topological polar surface area (TPSA) is 99.4 Å². The SMILES string of the molecule is CCc1nc2sc(C)cn2c1C(=O)NCc1ccc(N2CCN(S(=O)(=O)C(F)(F)F)C=N2)cc1. The molecule has 0 radical (unpaired) electrons. The second kappa shape index (κ2) is 8.91. The number of rotatable bonds is 6. The van der Waals surface area contributed by atoms with E-state index >= 15 is 0 Å². The Labute approximate surface area is 197 Å². The van der Waals surface area contributed by atoms with Gasteiger partial charge in [-0.25, -0.2) is 9.29 Å². The van der Waals surface area contributed by atoms with Crippen molar-refractivity contribution >= 4 is 44.3 Å². The van der Waals surface area contributed by atoms with Crippen LogP contribution in [0.25, 0.3) is 4.96 Å². The molecule has 0 atom stereocenters. The van der Waals surface area contributed by atoms with Gasteiger partial charge in [-0.3, -0.25) is 14.2 Å². The second-order valence-electron chi connectivity index (χ2n) is 7.52. The van der Waals surface area contributed by atoms with E-state index in [1.807, 2.05) is 20.0 Å². The second-order valence-corrected chi connectivity index (χ2v) is 10.6. The van der Waals surface area contributed by atoms with Gasteiger partial charge in [0.1, 0.15) is 12.0 Å². The smallest absolute Gasteiger partial charge is 0.347 e. The zero-order valence-corrected chi connectivity index (χ0v) is 19.8. The van der Waals surface area contributed by atoms with Crippen molar-refractivity contribution in [3.05, 3.63) is 52.3 Å². The number of aryl methyl sites for hydroxylation is 2. The van der Waals surface area contributed by atoms with Crippen molar-refractivity contribution in [3.63, 3.8) is 0 Å². The minimum absolute atomic E-state index is 0.0427. The van der Waals surface area contributed by atoms with Gasteiger partial charge >= 0.3 is 15.5 Å². The number of hydrogen-bond donors (Lipinski definition) is 1. The largest absolute Gasteiger partial charge is 0.516 e. The molecule has 182 valence electrons. The quantitative estimate of drug-likeness (QED) is 0.545. The number of hydrazone groups is 1. The lowest BCUT2D eigenvalue weighted by Crippen LogP contribution is -2.46. The van der Waals surface area contributed by atoms with Crippen LogP contribution in [0.2, 0.25) is 0 Å². The molecule has 1 aliphatic rings. The van der Waals surface area contributed by atoms with E-state index in [-0.39, 0.29) is 29.8 Å². The molecule has 0 aliphatic carbocycles. The lowest BCUT2D eigenvalue weighted by molar-refractivity contribution is -0.0471. The first-order valence-electron chi connectivity index (χ1n) is 10.3. The zero-order chi connectivity index (χ0) is 24.7. The summed E-state index contributed by atoms with van der Waals surface area (Å²) in [6.45, 7) is 3.73. The molecular weight excluding hydrogens is 493 g/mol. The van der Waals surface area contributed by atoms with Crippen LogP contribution in [0.1, 0.15) is 33.5 Å². The van der Waals surface area contributed by atoms with Gasteiger partial charge in [0.15, 0.2) is 4.96 Å². The van der Waals surface area contributed by atoms with E-state index in [1.165, 1.54) is 16.3 Å². The number of benzene rings is 1. The van der Waals surface area contributed by atoms with E-state index < -0.39 is 15.5 Å². The van der Waals surface area contributed by atoms with Gasteiger partial charge in [-0.2, -0.15) is 26.7 Å². The Balaban J connectivity index is 1.41. The molecule has 3 aromatic rings. The third-order valence-corrected chi connectivity index (χ3v) is 7.58. The maximum atomic E-state index is 12.9. The fourth-order valence-electron chi connectivity index (χ4n) is 3.48. The molecule has 2 aromatic heterocycles. The van der Waals surface area contributed by atoms with Crippen molar-refractivity contribution in [2.75, 3.05) is 18.1 Å². The van der Waals surface area contributed by atoms with Crippen LogP contribution < -0.4 is 10.3 Å². The highest BCUT2D eigenvalue weighted by Gasteiger charge is 2.50. The molecule has 0 bridgehead atoms. The Morgan fingerprint density at radius 1 is 1.21 bits per heavy atom. The minimum Gasteiger partial charge on any atom is -0.347 e. The normalized spacial score (nSPS) is 14.7. The fraction of sp³-hybridized carbons (Fsp3) is 0.350. The number of sulfonamides is 1. The highest BCUT2D eigenvalue weighted by Crippen LogP contribution is 2.27. The van der Waals surface area contributed by atoms with Crippen molar-refractivity contribution in [1.29, 1.82) is 0 Å². The summed E-state index contributed by atoms with van der Waals surface area (Å²) in [4.78, 5) is 19.2. The van der Waals surface area contributed by atoms with Crippen LogP contribution in [0.5, 0.6) is 0 Å². The molecule has 1 aromatic carbocycles. The maximum Gasteiger partial charge on any atom is 0.516 e. The number of nitrogens with zero attached hydrogens (tertiary/aromatic N) is 5. The first-order valence-corrected chi connectivity index (χ1v) is 12.5. The van der Waals surface area contributed by atoms with Gasteiger partial charge < -0.3 is 5.32 Å². The van der Waals surface area contributed by atoms with Gasteiger partial charge in [0.25, 0.3) is 5.91 Å². The Bertz CT molecular complexity index is 1350. The van der Waals surface area contributed by atoms with Crippen LogP contribution >= 0.6 is 11.3 Å². The number of amides is 1. The van der Waals surface area contributed by atoms with Gasteiger partial charge in [0.2, 0.25) is 0 Å². The molecule has 3 heterocycles. The number of carbonyl (C=O) groups excluding carboxylic acids is 1. The average Bonchev–Trinajstić information content (AvgIpc) is 3.32. The zero-order valence-electron chi connectivity index (χ0n) is 18.2. The highest BCUT2D eigenvalue weighted by atomic mass is 32.2. The molecule has 0 saturated carbocycles. The van der Waals surface area contributed by atoms with E-state index in [2.05, 4.69) is 15.4 Å². The molecule has 1 N–H and O–H groups in total. The van der Waals surface area contributed by atoms with E-state index in [0.29, 0.717) is 24.1 Å². The van der Waals surface area contributed by atoms with Gasteiger partial charge in [-0.1, -0.05) is 19.1 Å². The molecule has 0 spiro atoms. The summed E-state index contributed by atoms with van der Waals surface area (Å²) in [6.07, 6.45) is 3.17. The summed E-state index contributed by atoms with van der Waals surface area (Å²) in [7, 11) is -5.45. The molecule has 14 heteroatoms. The standard InChI is InChI=1S/C20H21F3N6O3S2/c1-3-16-17(28-11-13(2)33-19(28)26-16)18(30)24-10-14-4-6-15(7-5-14)29-9-8-27(12-25-29)34(31,32)20(21,22)23/h4-7,11-12H,3,8-10H2,1-2H3,(H,24,30). The van der Waals surface area contributed by atoms with Gasteiger partial charge in [0.05, 0.1) is 24.5 Å². The Morgan fingerprint density at radius 3 is 2.50 bits per heavy atom. The number of carbonyl (C=O) groups is 1. The first kappa shape index (κ1) is 24.0. The van der Waals surface area contributed by atoms with Gasteiger partial charge in [0, 0.05) is 17.6 Å². The number of hydrogen-bond acceptors (Lipinski definition) is 7. The van der Waals surface area contributed by atoms with Crippen LogP contribution in [0.3, 0.4) is 0 Å². The molecule has 0 fully saturated rings. The van der Waals surface area contributed by atoms with Crippen molar-refractivity contribution in [3.8, 4) is 0 Å². The van der Waals surface area contributed by atoms with Crippen LogP contribution in [0.4, 0.5) is 18.9 Å². The molecule has 0 unspecified atom stereocenters. The predicted molar refractivity (Wildman–Crippen MR) is 122 cm³/mol. The summed E-state index contributed by atoms with van der Waals surface area (Å²) in [6, 6.07) is 6.91. The van der Waals surface area contributed by atoms with Crippen molar-refractivity contribution in [1.82, 2.24) is 19.0 Å². The van der Waals surface area contributed by atoms with E-state index in [1.54, 1.807) is 28.7 Å². The van der Waals surface area contributed by atoms with Crippen molar-refractivity contribution in [2.24, 2.45) is 5.10 Å². The number of aromatic nitrogens is 2. The molecule has 0 saturated heterocycles. The number of fused-ring (bicyclic) bond motifs is 1.